The van der Waals surface area contributed by atoms with Crippen molar-refractivity contribution in [3.8, 4) is 0 Å². The molecule has 0 bridgehead atoms. The van der Waals surface area contributed by atoms with Crippen LogP contribution in [0.4, 0.5) is 0 Å². The third kappa shape index (κ3) is 1.26. The summed E-state index contributed by atoms with van der Waals surface area (Å²) in [5, 5.41) is 11.9. The van der Waals surface area contributed by atoms with Crippen molar-refractivity contribution in [3.63, 3.8) is 0 Å². The third-order valence-corrected chi connectivity index (χ3v) is 3.20. The van der Waals surface area contributed by atoms with Gasteiger partial charge in [-0.3, -0.25) is 0 Å². The molecular formula is C9H15NO. The molecule has 0 saturated heterocycles. The number of hydrogen-bond donors (Lipinski definition) is 1. The van der Waals surface area contributed by atoms with E-state index in [9.17, 15) is 0 Å². The van der Waals surface area contributed by atoms with E-state index in [0.717, 1.165) is 30.4 Å². The predicted molar refractivity (Wildman–Crippen MR) is 43.9 cm³/mol. The number of hydrogen-bond acceptors (Lipinski definition) is 2. The Kier molecular flexibility index (Phi) is 1.84. The van der Waals surface area contributed by atoms with Gasteiger partial charge in [-0.05, 0) is 37.5 Å². The Morgan fingerprint density at radius 2 is 1.64 bits per heavy atom. The second-order valence-electron chi connectivity index (χ2n) is 3.88. The molecular weight excluding hydrogens is 138 g/mol. The Morgan fingerprint density at radius 1 is 1.09 bits per heavy atom. The van der Waals surface area contributed by atoms with Crippen molar-refractivity contribution in [1.29, 1.82) is 0 Å². The third-order valence-electron chi connectivity index (χ3n) is 3.20. The molecule has 0 aromatic carbocycles. The summed E-state index contributed by atoms with van der Waals surface area (Å²) in [6.07, 6.45) is 7.65. The Hall–Kier alpha value is -0.530. The molecule has 11 heavy (non-hydrogen) atoms. The summed E-state index contributed by atoms with van der Waals surface area (Å²) in [5.74, 6) is 1.71. The van der Waals surface area contributed by atoms with E-state index < -0.39 is 0 Å². The minimum absolute atomic E-state index is 0.856. The maximum Gasteiger partial charge on any atom is 0.0576 e. The Balaban J connectivity index is 2.03. The van der Waals surface area contributed by atoms with Gasteiger partial charge in [-0.25, -0.2) is 0 Å². The zero-order valence-electron chi connectivity index (χ0n) is 6.79. The van der Waals surface area contributed by atoms with Crippen molar-refractivity contribution in [3.05, 3.63) is 0 Å². The summed E-state index contributed by atoms with van der Waals surface area (Å²) in [5.41, 5.74) is 1.04. The predicted octanol–water partition coefficient (Wildman–Crippen LogP) is 2.42. The largest absolute Gasteiger partial charge is 0.411 e. The van der Waals surface area contributed by atoms with Gasteiger partial charge in [-0.2, -0.15) is 0 Å². The van der Waals surface area contributed by atoms with Crippen LogP contribution in [0.3, 0.4) is 0 Å². The Bertz CT molecular complexity index is 160. The number of rotatable bonds is 0. The lowest BCUT2D eigenvalue weighted by molar-refractivity contribution is 0.277. The highest BCUT2D eigenvalue weighted by atomic mass is 16.4. The highest BCUT2D eigenvalue weighted by Gasteiger charge is 2.33. The van der Waals surface area contributed by atoms with Crippen LogP contribution in [-0.4, -0.2) is 10.9 Å². The highest BCUT2D eigenvalue weighted by molar-refractivity contribution is 5.86. The summed E-state index contributed by atoms with van der Waals surface area (Å²) >= 11 is 0. The van der Waals surface area contributed by atoms with Crippen LogP contribution in [0.25, 0.3) is 0 Å². The lowest BCUT2D eigenvalue weighted by atomic mass is 9.82. The molecule has 0 unspecified atom stereocenters. The monoisotopic (exact) mass is 153 g/mol. The van der Waals surface area contributed by atoms with E-state index in [1.165, 1.54) is 25.7 Å². The maximum atomic E-state index is 8.60. The van der Waals surface area contributed by atoms with E-state index >= 15 is 0 Å². The normalized spacial score (nSPS) is 36.9. The van der Waals surface area contributed by atoms with Crippen molar-refractivity contribution < 1.29 is 5.21 Å². The molecule has 0 aromatic heterocycles. The zero-order valence-corrected chi connectivity index (χ0v) is 6.79. The number of fused-ring (bicyclic) bond motifs is 1. The van der Waals surface area contributed by atoms with Crippen molar-refractivity contribution >= 4 is 5.71 Å². The van der Waals surface area contributed by atoms with Gasteiger partial charge in [-0.1, -0.05) is 18.0 Å². The van der Waals surface area contributed by atoms with E-state index in [1.54, 1.807) is 0 Å². The van der Waals surface area contributed by atoms with E-state index in [0.29, 0.717) is 0 Å². The molecule has 62 valence electrons. The van der Waals surface area contributed by atoms with Crippen LogP contribution in [0, 0.1) is 11.8 Å². The molecule has 0 spiro atoms. The summed E-state index contributed by atoms with van der Waals surface area (Å²) < 4.78 is 0. The minimum atomic E-state index is 0.856. The van der Waals surface area contributed by atoms with Gasteiger partial charge in [0.05, 0.1) is 5.71 Å². The summed E-state index contributed by atoms with van der Waals surface area (Å²) in [4.78, 5) is 0. The fourth-order valence-corrected chi connectivity index (χ4v) is 2.59. The number of oxime groups is 1. The van der Waals surface area contributed by atoms with Gasteiger partial charge < -0.3 is 5.21 Å². The molecule has 0 aromatic rings. The van der Waals surface area contributed by atoms with Gasteiger partial charge in [0.15, 0.2) is 0 Å². The van der Waals surface area contributed by atoms with Crippen LogP contribution < -0.4 is 0 Å². The highest BCUT2D eigenvalue weighted by Crippen LogP contribution is 2.40. The molecule has 0 aliphatic heterocycles. The van der Waals surface area contributed by atoms with Crippen LogP contribution >= 0.6 is 0 Å². The first-order chi connectivity index (χ1) is 5.40. The van der Waals surface area contributed by atoms with Gasteiger partial charge in [0.1, 0.15) is 0 Å². The average Bonchev–Trinajstić information content (AvgIpc) is 2.46. The molecule has 0 heterocycles. The van der Waals surface area contributed by atoms with Gasteiger partial charge >= 0.3 is 0 Å². The molecule has 2 heteroatoms. The minimum Gasteiger partial charge on any atom is -0.411 e. The van der Waals surface area contributed by atoms with Crippen LogP contribution in [0.5, 0.6) is 0 Å². The second-order valence-corrected chi connectivity index (χ2v) is 3.88. The summed E-state index contributed by atoms with van der Waals surface area (Å²) in [6.45, 7) is 0. The molecule has 2 atom stereocenters. The zero-order chi connectivity index (χ0) is 7.68. The summed E-state index contributed by atoms with van der Waals surface area (Å²) in [6, 6.07) is 0. The standard InChI is InChI=1S/C9H15NO/c11-10-9-5-7-3-1-2-4-8(7)6-9/h7-8,11H,1-6H2/t7-,8-/m0/s1. The quantitative estimate of drug-likeness (QED) is 0.420. The van der Waals surface area contributed by atoms with Gasteiger partial charge in [0.2, 0.25) is 0 Å². The topological polar surface area (TPSA) is 32.6 Å². The van der Waals surface area contributed by atoms with E-state index in [4.69, 9.17) is 5.21 Å². The Morgan fingerprint density at radius 3 is 2.09 bits per heavy atom. The molecule has 2 rings (SSSR count). The Labute approximate surface area is 67.3 Å². The lowest BCUT2D eigenvalue weighted by Gasteiger charge is -2.23. The molecule has 2 fully saturated rings. The van der Waals surface area contributed by atoms with Crippen molar-refractivity contribution in [2.75, 3.05) is 0 Å². The number of nitrogens with zero attached hydrogens (tertiary/aromatic N) is 1. The van der Waals surface area contributed by atoms with Crippen LogP contribution in [0.15, 0.2) is 5.16 Å². The van der Waals surface area contributed by atoms with Crippen molar-refractivity contribution in [1.82, 2.24) is 0 Å². The summed E-state index contributed by atoms with van der Waals surface area (Å²) in [7, 11) is 0. The molecule has 2 aliphatic carbocycles. The lowest BCUT2D eigenvalue weighted by Crippen LogP contribution is -2.12. The van der Waals surface area contributed by atoms with E-state index in [-0.39, 0.29) is 0 Å². The first kappa shape index (κ1) is 7.14. The average molecular weight is 153 g/mol. The molecule has 0 amide bonds. The van der Waals surface area contributed by atoms with E-state index in [2.05, 4.69) is 5.16 Å². The first-order valence-corrected chi connectivity index (χ1v) is 4.60. The van der Waals surface area contributed by atoms with Crippen LogP contribution in [0.1, 0.15) is 38.5 Å². The fraction of sp³-hybridized carbons (Fsp3) is 0.889. The molecule has 2 saturated carbocycles. The second kappa shape index (κ2) is 2.84. The molecule has 2 nitrogen and oxygen atoms in total. The van der Waals surface area contributed by atoms with Crippen LogP contribution in [-0.2, 0) is 0 Å². The maximum absolute atomic E-state index is 8.60. The van der Waals surface area contributed by atoms with Crippen molar-refractivity contribution in [2.24, 2.45) is 17.0 Å². The molecule has 1 N–H and O–H groups in total. The van der Waals surface area contributed by atoms with Gasteiger partial charge in [0.25, 0.3) is 0 Å². The van der Waals surface area contributed by atoms with E-state index in [1.807, 2.05) is 0 Å². The molecule has 0 radical (unpaired) electrons. The van der Waals surface area contributed by atoms with Crippen LogP contribution in [0.2, 0.25) is 0 Å². The van der Waals surface area contributed by atoms with Gasteiger partial charge in [0, 0.05) is 0 Å². The van der Waals surface area contributed by atoms with Crippen molar-refractivity contribution in [2.45, 2.75) is 38.5 Å². The molecule has 2 aliphatic rings. The smallest absolute Gasteiger partial charge is 0.0576 e. The van der Waals surface area contributed by atoms with Gasteiger partial charge in [-0.15, -0.1) is 0 Å². The SMILES string of the molecule is ON=C1C[C@@H]2CCCC[C@H]2C1. The fourth-order valence-electron chi connectivity index (χ4n) is 2.59. The first-order valence-electron chi connectivity index (χ1n) is 4.60.